The quantitative estimate of drug-likeness (QED) is 0.534. The van der Waals surface area contributed by atoms with Crippen molar-refractivity contribution in [2.45, 2.75) is 0 Å². The number of benzene rings is 1. The number of hydrogen-bond donors (Lipinski definition) is 0. The zero-order valence-corrected chi connectivity index (χ0v) is 7.25. The van der Waals surface area contributed by atoms with Gasteiger partial charge in [-0.25, -0.2) is 4.98 Å². The largest absolute Gasteiger partial charge is 0.252 e. The molecule has 0 atom stereocenters. The summed E-state index contributed by atoms with van der Waals surface area (Å²) in [5.41, 5.74) is 3.38. The van der Waals surface area contributed by atoms with E-state index in [0.717, 1.165) is 22.1 Å². The van der Waals surface area contributed by atoms with Gasteiger partial charge in [0.15, 0.2) is 0 Å². The van der Waals surface area contributed by atoms with E-state index >= 15 is 0 Å². The van der Waals surface area contributed by atoms with Crippen LogP contribution in [0.15, 0.2) is 18.3 Å². The molecule has 0 bridgehead atoms. The summed E-state index contributed by atoms with van der Waals surface area (Å²) in [6.07, 6.45) is 4.24. The Morgan fingerprint density at radius 3 is 2.62 bits per heavy atom. The molecule has 3 rings (SSSR count). The SMILES string of the molecule is [c]1cnc2cc3nsnc3cc2n1. The van der Waals surface area contributed by atoms with Gasteiger partial charge in [0, 0.05) is 0 Å². The molecule has 4 nitrogen and oxygen atoms in total. The molecule has 0 aliphatic rings. The summed E-state index contributed by atoms with van der Waals surface area (Å²) in [6, 6.07) is 3.76. The second-order valence-electron chi connectivity index (χ2n) is 2.59. The first-order valence-electron chi connectivity index (χ1n) is 3.68. The minimum atomic E-state index is 0.808. The fourth-order valence-electron chi connectivity index (χ4n) is 1.20. The van der Waals surface area contributed by atoms with Crippen molar-refractivity contribution in [2.75, 3.05) is 0 Å². The lowest BCUT2D eigenvalue weighted by Gasteiger charge is -1.92. The highest BCUT2D eigenvalue weighted by atomic mass is 32.1. The fourth-order valence-corrected chi connectivity index (χ4v) is 1.71. The Morgan fingerprint density at radius 1 is 1.00 bits per heavy atom. The number of nitrogens with zero attached hydrogens (tertiary/aromatic N) is 4. The van der Waals surface area contributed by atoms with Gasteiger partial charge < -0.3 is 0 Å². The van der Waals surface area contributed by atoms with Gasteiger partial charge in [0.05, 0.1) is 29.0 Å². The van der Waals surface area contributed by atoms with Crippen LogP contribution in [0.4, 0.5) is 0 Å². The van der Waals surface area contributed by atoms with E-state index in [2.05, 4.69) is 24.9 Å². The van der Waals surface area contributed by atoms with Crippen molar-refractivity contribution in [1.29, 1.82) is 0 Å². The molecule has 0 spiro atoms. The normalized spacial score (nSPS) is 11.1. The van der Waals surface area contributed by atoms with Gasteiger partial charge in [-0.2, -0.15) is 8.75 Å². The second-order valence-corrected chi connectivity index (χ2v) is 3.12. The van der Waals surface area contributed by atoms with Gasteiger partial charge in [0.2, 0.25) is 0 Å². The summed E-state index contributed by atoms with van der Waals surface area (Å²) in [6.45, 7) is 0. The Bertz CT molecular complexity index is 525. The van der Waals surface area contributed by atoms with Crippen LogP contribution in [0.2, 0.25) is 0 Å². The molecule has 2 heterocycles. The lowest BCUT2D eigenvalue weighted by atomic mass is 10.2. The van der Waals surface area contributed by atoms with Crippen molar-refractivity contribution in [2.24, 2.45) is 0 Å². The zero-order valence-electron chi connectivity index (χ0n) is 6.43. The van der Waals surface area contributed by atoms with Gasteiger partial charge in [-0.05, 0) is 12.1 Å². The third-order valence-corrected chi connectivity index (χ3v) is 2.35. The van der Waals surface area contributed by atoms with E-state index in [9.17, 15) is 0 Å². The molecule has 61 valence electrons. The lowest BCUT2D eigenvalue weighted by Crippen LogP contribution is -1.82. The molecule has 3 aromatic rings. The Balaban J connectivity index is 2.57. The van der Waals surface area contributed by atoms with Crippen LogP contribution in [0.25, 0.3) is 22.1 Å². The van der Waals surface area contributed by atoms with Crippen molar-refractivity contribution in [3.63, 3.8) is 0 Å². The molecule has 0 aliphatic heterocycles. The van der Waals surface area contributed by atoms with Crippen LogP contribution in [-0.2, 0) is 0 Å². The van der Waals surface area contributed by atoms with Crippen LogP contribution < -0.4 is 0 Å². The average Bonchev–Trinajstić information content (AvgIpc) is 2.61. The molecule has 0 N–H and O–H groups in total. The molecular weight excluding hydrogens is 184 g/mol. The van der Waals surface area contributed by atoms with Crippen LogP contribution in [-0.4, -0.2) is 18.7 Å². The summed E-state index contributed by atoms with van der Waals surface area (Å²) in [7, 11) is 0. The Kier molecular flexibility index (Phi) is 1.28. The Labute approximate surface area is 77.6 Å². The molecule has 0 aliphatic carbocycles. The summed E-state index contributed by atoms with van der Waals surface area (Å²) < 4.78 is 8.24. The second kappa shape index (κ2) is 2.43. The maximum atomic E-state index is 4.13. The van der Waals surface area contributed by atoms with E-state index in [1.165, 1.54) is 11.7 Å². The van der Waals surface area contributed by atoms with Gasteiger partial charge in [-0.3, -0.25) is 4.98 Å². The summed E-state index contributed by atoms with van der Waals surface area (Å²) in [5.74, 6) is 0. The van der Waals surface area contributed by atoms with Crippen molar-refractivity contribution in [1.82, 2.24) is 18.7 Å². The maximum absolute atomic E-state index is 4.13. The van der Waals surface area contributed by atoms with Crippen molar-refractivity contribution in [3.8, 4) is 0 Å². The van der Waals surface area contributed by atoms with Crippen LogP contribution in [0, 0.1) is 6.20 Å². The highest BCUT2D eigenvalue weighted by molar-refractivity contribution is 7.00. The van der Waals surface area contributed by atoms with Gasteiger partial charge in [-0.15, -0.1) is 0 Å². The van der Waals surface area contributed by atoms with Crippen LogP contribution in [0.5, 0.6) is 0 Å². The van der Waals surface area contributed by atoms with E-state index in [1.807, 2.05) is 12.1 Å². The highest BCUT2D eigenvalue weighted by Gasteiger charge is 2.01. The van der Waals surface area contributed by atoms with Crippen LogP contribution >= 0.6 is 11.7 Å². The van der Waals surface area contributed by atoms with Crippen molar-refractivity contribution < 1.29 is 0 Å². The van der Waals surface area contributed by atoms with Gasteiger partial charge in [-0.1, -0.05) is 0 Å². The molecule has 0 fully saturated rings. The van der Waals surface area contributed by atoms with Gasteiger partial charge in [0.1, 0.15) is 17.2 Å². The number of fused-ring (bicyclic) bond motifs is 2. The molecule has 5 heteroatoms. The molecule has 0 unspecified atom stereocenters. The molecule has 0 saturated heterocycles. The van der Waals surface area contributed by atoms with Crippen LogP contribution in [0.3, 0.4) is 0 Å². The highest BCUT2D eigenvalue weighted by Crippen LogP contribution is 2.17. The topological polar surface area (TPSA) is 51.6 Å². The summed E-state index contributed by atoms with van der Waals surface area (Å²) >= 11 is 1.20. The Hall–Kier alpha value is -1.62. The molecule has 1 aromatic carbocycles. The molecule has 2 aromatic heterocycles. The predicted octanol–water partition coefficient (Wildman–Crippen LogP) is 1.43. The molecule has 0 amide bonds. The number of rotatable bonds is 0. The van der Waals surface area contributed by atoms with E-state index in [1.54, 1.807) is 6.20 Å². The first-order valence-corrected chi connectivity index (χ1v) is 4.42. The third-order valence-electron chi connectivity index (χ3n) is 1.80. The molecule has 13 heavy (non-hydrogen) atoms. The fraction of sp³-hybridized carbons (Fsp3) is 0. The molecular formula is C8H3N4S. The minimum Gasteiger partial charge on any atom is -0.252 e. The van der Waals surface area contributed by atoms with E-state index in [4.69, 9.17) is 0 Å². The summed E-state index contributed by atoms with van der Waals surface area (Å²) in [5, 5.41) is 0. The third kappa shape index (κ3) is 0.972. The zero-order chi connectivity index (χ0) is 8.67. The lowest BCUT2D eigenvalue weighted by molar-refractivity contribution is 1.28. The number of aromatic nitrogens is 4. The standard InChI is InChI=1S/C8H3N4S/c1-2-10-6-4-8-7(11-13-12-8)3-5(6)9-1/h1,3-4H. The molecule has 0 saturated carbocycles. The monoisotopic (exact) mass is 187 g/mol. The Morgan fingerprint density at radius 2 is 1.77 bits per heavy atom. The van der Waals surface area contributed by atoms with Crippen molar-refractivity contribution in [3.05, 3.63) is 24.5 Å². The van der Waals surface area contributed by atoms with Gasteiger partial charge in [0.25, 0.3) is 0 Å². The first kappa shape index (κ1) is 6.85. The van der Waals surface area contributed by atoms with Crippen LogP contribution in [0.1, 0.15) is 0 Å². The summed E-state index contributed by atoms with van der Waals surface area (Å²) in [4.78, 5) is 8.19. The molecule has 1 radical (unpaired) electrons. The number of hydrogen-bond acceptors (Lipinski definition) is 5. The average molecular weight is 187 g/mol. The van der Waals surface area contributed by atoms with E-state index in [-0.39, 0.29) is 0 Å². The van der Waals surface area contributed by atoms with Crippen molar-refractivity contribution >= 4 is 33.8 Å². The predicted molar refractivity (Wildman–Crippen MR) is 49.3 cm³/mol. The van der Waals surface area contributed by atoms with Gasteiger partial charge >= 0.3 is 0 Å². The first-order chi connectivity index (χ1) is 6.43. The van der Waals surface area contributed by atoms with E-state index < -0.39 is 0 Å². The maximum Gasteiger partial charge on any atom is 0.109 e. The van der Waals surface area contributed by atoms with E-state index in [0.29, 0.717) is 0 Å². The minimum absolute atomic E-state index is 0.808. The smallest absolute Gasteiger partial charge is 0.109 e.